The number of aromatic nitrogens is 2. The van der Waals surface area contributed by atoms with Crippen molar-refractivity contribution in [3.05, 3.63) is 36.2 Å². The summed E-state index contributed by atoms with van der Waals surface area (Å²) in [6.07, 6.45) is 3.22. The molecule has 0 unspecified atom stereocenters. The van der Waals surface area contributed by atoms with Crippen LogP contribution in [-0.2, 0) is 10.0 Å². The van der Waals surface area contributed by atoms with Gasteiger partial charge < -0.3 is 14.2 Å². The lowest BCUT2D eigenvalue weighted by molar-refractivity contribution is 0.194. The average molecular weight is 379 g/mol. The van der Waals surface area contributed by atoms with Gasteiger partial charge in [0.1, 0.15) is 16.7 Å². The van der Waals surface area contributed by atoms with Crippen molar-refractivity contribution in [2.75, 3.05) is 27.3 Å². The zero-order valence-electron chi connectivity index (χ0n) is 14.9. The highest BCUT2D eigenvalue weighted by Gasteiger charge is 2.36. The first-order valence-corrected chi connectivity index (χ1v) is 9.56. The second-order valence-electron chi connectivity index (χ2n) is 5.92. The van der Waals surface area contributed by atoms with Crippen LogP contribution < -0.4 is 14.2 Å². The molecular weight excluding hydrogens is 358 g/mol. The summed E-state index contributed by atoms with van der Waals surface area (Å²) in [5, 5.41) is 0. The van der Waals surface area contributed by atoms with E-state index in [2.05, 4.69) is 9.97 Å². The van der Waals surface area contributed by atoms with Crippen LogP contribution in [0.2, 0.25) is 0 Å². The lowest BCUT2D eigenvalue weighted by atomic mass is 10.2. The molecule has 1 aliphatic heterocycles. The molecule has 0 N–H and O–H groups in total. The summed E-state index contributed by atoms with van der Waals surface area (Å²) in [4.78, 5) is 8.29. The molecule has 1 aromatic heterocycles. The zero-order valence-corrected chi connectivity index (χ0v) is 15.7. The largest absolute Gasteiger partial charge is 0.495 e. The molecule has 1 aromatic carbocycles. The van der Waals surface area contributed by atoms with Gasteiger partial charge in [-0.15, -0.1) is 0 Å². The average Bonchev–Trinajstić information content (AvgIpc) is 3.11. The van der Waals surface area contributed by atoms with Crippen LogP contribution in [0.4, 0.5) is 0 Å². The van der Waals surface area contributed by atoms with Crippen LogP contribution in [0.3, 0.4) is 0 Å². The summed E-state index contributed by atoms with van der Waals surface area (Å²) < 4.78 is 43.6. The SMILES string of the molecule is COc1ccc(C)cc1S(=O)(=O)N1CC[C@H](Oc2nccnc2OC)C1. The first-order chi connectivity index (χ1) is 12.5. The van der Waals surface area contributed by atoms with Crippen LogP contribution in [-0.4, -0.2) is 56.1 Å². The van der Waals surface area contributed by atoms with Crippen LogP contribution in [0, 0.1) is 6.92 Å². The molecule has 0 spiro atoms. The summed E-state index contributed by atoms with van der Waals surface area (Å²) in [7, 11) is -0.747. The normalized spacial score (nSPS) is 17.9. The second kappa shape index (κ2) is 7.46. The Bertz CT molecular complexity index is 888. The van der Waals surface area contributed by atoms with Crippen molar-refractivity contribution in [1.82, 2.24) is 14.3 Å². The molecule has 0 saturated carbocycles. The smallest absolute Gasteiger partial charge is 0.278 e. The van der Waals surface area contributed by atoms with Crippen molar-refractivity contribution in [2.24, 2.45) is 0 Å². The number of benzene rings is 1. The molecule has 2 heterocycles. The van der Waals surface area contributed by atoms with Gasteiger partial charge in [-0.2, -0.15) is 4.31 Å². The molecule has 1 fully saturated rings. The third kappa shape index (κ3) is 3.58. The molecule has 2 aromatic rings. The van der Waals surface area contributed by atoms with Crippen molar-refractivity contribution in [2.45, 2.75) is 24.3 Å². The van der Waals surface area contributed by atoms with Gasteiger partial charge >= 0.3 is 0 Å². The van der Waals surface area contributed by atoms with Gasteiger partial charge in [0.15, 0.2) is 0 Å². The maximum Gasteiger partial charge on any atom is 0.278 e. The molecule has 1 aliphatic rings. The highest BCUT2D eigenvalue weighted by atomic mass is 32.2. The first-order valence-electron chi connectivity index (χ1n) is 8.12. The Balaban J connectivity index is 1.79. The molecule has 8 nitrogen and oxygen atoms in total. The number of nitrogens with zero attached hydrogens (tertiary/aromatic N) is 3. The van der Waals surface area contributed by atoms with Crippen LogP contribution in [0.25, 0.3) is 0 Å². The number of methoxy groups -OCH3 is 2. The van der Waals surface area contributed by atoms with Gasteiger partial charge in [0.05, 0.1) is 20.8 Å². The van der Waals surface area contributed by atoms with Crippen molar-refractivity contribution >= 4 is 10.0 Å². The lowest BCUT2D eigenvalue weighted by Gasteiger charge is -2.19. The van der Waals surface area contributed by atoms with Gasteiger partial charge in [-0.25, -0.2) is 18.4 Å². The maximum atomic E-state index is 13.0. The van der Waals surface area contributed by atoms with E-state index < -0.39 is 10.0 Å². The molecule has 26 heavy (non-hydrogen) atoms. The number of rotatable bonds is 6. The van der Waals surface area contributed by atoms with Crippen molar-refractivity contribution in [3.63, 3.8) is 0 Å². The molecule has 9 heteroatoms. The Labute approximate surface area is 152 Å². The van der Waals surface area contributed by atoms with Crippen molar-refractivity contribution in [3.8, 4) is 17.5 Å². The van der Waals surface area contributed by atoms with E-state index in [0.717, 1.165) is 5.56 Å². The summed E-state index contributed by atoms with van der Waals surface area (Å²) in [5.74, 6) is 0.858. The minimum Gasteiger partial charge on any atom is -0.495 e. The van der Waals surface area contributed by atoms with E-state index in [0.29, 0.717) is 18.7 Å². The monoisotopic (exact) mass is 379 g/mol. The molecule has 3 rings (SSSR count). The minimum absolute atomic E-state index is 0.165. The fourth-order valence-electron chi connectivity index (χ4n) is 2.83. The van der Waals surface area contributed by atoms with Crippen LogP contribution in [0.15, 0.2) is 35.5 Å². The standard InChI is InChI=1S/C17H21N3O5S/c1-12-4-5-14(23-2)15(10-12)26(21,22)20-9-6-13(11-20)25-17-16(24-3)18-7-8-19-17/h4-5,7-8,10,13H,6,9,11H2,1-3H3/t13-/m0/s1. The van der Waals surface area contributed by atoms with E-state index in [1.54, 1.807) is 12.1 Å². The summed E-state index contributed by atoms with van der Waals surface area (Å²) in [5.41, 5.74) is 0.848. The molecule has 140 valence electrons. The summed E-state index contributed by atoms with van der Waals surface area (Å²) in [6, 6.07) is 5.10. The minimum atomic E-state index is -3.68. The fraction of sp³-hybridized carbons (Fsp3) is 0.412. The predicted molar refractivity (Wildman–Crippen MR) is 94.1 cm³/mol. The number of hydrogen-bond donors (Lipinski definition) is 0. The second-order valence-corrected chi connectivity index (χ2v) is 7.82. The third-order valence-corrected chi connectivity index (χ3v) is 6.04. The van der Waals surface area contributed by atoms with Crippen LogP contribution in [0.5, 0.6) is 17.5 Å². The molecular formula is C17H21N3O5S. The van der Waals surface area contributed by atoms with E-state index in [1.165, 1.54) is 30.9 Å². The van der Waals surface area contributed by atoms with E-state index in [1.807, 2.05) is 13.0 Å². The topological polar surface area (TPSA) is 90.9 Å². The summed E-state index contributed by atoms with van der Waals surface area (Å²) in [6.45, 7) is 2.42. The molecule has 0 amide bonds. The van der Waals surface area contributed by atoms with Gasteiger partial charge in [0.25, 0.3) is 11.8 Å². The molecule has 1 atom stereocenters. The highest BCUT2D eigenvalue weighted by molar-refractivity contribution is 7.89. The van der Waals surface area contributed by atoms with Gasteiger partial charge in [-0.1, -0.05) is 6.07 Å². The van der Waals surface area contributed by atoms with Gasteiger partial charge in [-0.3, -0.25) is 0 Å². The number of hydrogen-bond acceptors (Lipinski definition) is 7. The fourth-order valence-corrected chi connectivity index (χ4v) is 4.55. The van der Waals surface area contributed by atoms with Gasteiger partial charge in [0.2, 0.25) is 10.0 Å². The Morgan fingerprint density at radius 3 is 2.54 bits per heavy atom. The first kappa shape index (κ1) is 18.4. The molecule has 0 radical (unpaired) electrons. The van der Waals surface area contributed by atoms with Crippen molar-refractivity contribution < 1.29 is 22.6 Å². The Morgan fingerprint density at radius 2 is 1.85 bits per heavy atom. The number of sulfonamides is 1. The zero-order chi connectivity index (χ0) is 18.7. The Kier molecular flexibility index (Phi) is 5.28. The van der Waals surface area contributed by atoms with Gasteiger partial charge in [0, 0.05) is 18.9 Å². The van der Waals surface area contributed by atoms with Crippen LogP contribution >= 0.6 is 0 Å². The Hall–Kier alpha value is -2.39. The van der Waals surface area contributed by atoms with E-state index in [-0.39, 0.29) is 29.3 Å². The van der Waals surface area contributed by atoms with E-state index in [9.17, 15) is 8.42 Å². The lowest BCUT2D eigenvalue weighted by Crippen LogP contribution is -2.31. The quantitative estimate of drug-likeness (QED) is 0.753. The molecule has 1 saturated heterocycles. The molecule has 0 aliphatic carbocycles. The Morgan fingerprint density at radius 1 is 1.12 bits per heavy atom. The number of aryl methyl sites for hydroxylation is 1. The van der Waals surface area contributed by atoms with Crippen molar-refractivity contribution in [1.29, 1.82) is 0 Å². The van der Waals surface area contributed by atoms with Crippen LogP contribution in [0.1, 0.15) is 12.0 Å². The van der Waals surface area contributed by atoms with E-state index in [4.69, 9.17) is 14.2 Å². The molecule has 0 bridgehead atoms. The third-order valence-electron chi connectivity index (χ3n) is 4.15. The van der Waals surface area contributed by atoms with E-state index >= 15 is 0 Å². The van der Waals surface area contributed by atoms with Gasteiger partial charge in [-0.05, 0) is 31.0 Å². The maximum absolute atomic E-state index is 13.0. The summed E-state index contributed by atoms with van der Waals surface area (Å²) >= 11 is 0. The highest BCUT2D eigenvalue weighted by Crippen LogP contribution is 2.31. The number of ether oxygens (including phenoxy) is 3. The predicted octanol–water partition coefficient (Wildman–Crippen LogP) is 1.64.